The molecular formula is C10H19N. The van der Waals surface area contributed by atoms with Crippen LogP contribution < -0.4 is 0 Å². The van der Waals surface area contributed by atoms with Crippen LogP contribution in [-0.4, -0.2) is 24.0 Å². The summed E-state index contributed by atoms with van der Waals surface area (Å²) in [5, 5.41) is 0. The lowest BCUT2D eigenvalue weighted by molar-refractivity contribution is 0.160. The van der Waals surface area contributed by atoms with Crippen LogP contribution in [0.15, 0.2) is 0 Å². The highest BCUT2D eigenvalue weighted by molar-refractivity contribution is 4.87. The Balaban J connectivity index is 1.97. The fourth-order valence-electron chi connectivity index (χ4n) is 2.73. The zero-order valence-corrected chi connectivity index (χ0v) is 7.71. The maximum atomic E-state index is 2.70. The number of nitrogens with zero attached hydrogens (tertiary/aromatic N) is 1. The van der Waals surface area contributed by atoms with Gasteiger partial charge in [-0.15, -0.1) is 0 Å². The third kappa shape index (κ3) is 1.44. The van der Waals surface area contributed by atoms with E-state index in [-0.39, 0.29) is 0 Å². The number of rotatable bonds is 0. The first kappa shape index (κ1) is 7.60. The second-order valence-electron chi connectivity index (χ2n) is 4.62. The van der Waals surface area contributed by atoms with Crippen LogP contribution in [0.5, 0.6) is 0 Å². The molecule has 11 heavy (non-hydrogen) atoms. The fourth-order valence-corrected chi connectivity index (χ4v) is 2.73. The average Bonchev–Trinajstić information content (AvgIpc) is 2.27. The Morgan fingerprint density at radius 3 is 2.64 bits per heavy atom. The molecule has 0 aliphatic carbocycles. The van der Waals surface area contributed by atoms with Crippen LogP contribution in [0.1, 0.15) is 33.1 Å². The van der Waals surface area contributed by atoms with Gasteiger partial charge in [0.1, 0.15) is 0 Å². The van der Waals surface area contributed by atoms with E-state index in [1.165, 1.54) is 32.4 Å². The Morgan fingerprint density at radius 2 is 1.82 bits per heavy atom. The molecule has 0 aromatic rings. The Hall–Kier alpha value is -0.0400. The molecule has 0 N–H and O–H groups in total. The quantitative estimate of drug-likeness (QED) is 0.515. The van der Waals surface area contributed by atoms with Gasteiger partial charge in [-0.2, -0.15) is 0 Å². The maximum absolute atomic E-state index is 2.70. The molecule has 2 rings (SSSR count). The third-order valence-electron chi connectivity index (χ3n) is 3.32. The minimum atomic E-state index is 0.953. The zero-order valence-electron chi connectivity index (χ0n) is 7.71. The molecule has 0 saturated carbocycles. The molecule has 1 heteroatoms. The summed E-state index contributed by atoms with van der Waals surface area (Å²) in [6.45, 7) is 7.54. The summed E-state index contributed by atoms with van der Waals surface area (Å²) in [6, 6.07) is 0.953. The fraction of sp³-hybridized carbons (Fsp3) is 1.00. The van der Waals surface area contributed by atoms with Gasteiger partial charge in [-0.25, -0.2) is 0 Å². The molecular weight excluding hydrogens is 134 g/mol. The first-order valence-electron chi connectivity index (χ1n) is 4.99. The second kappa shape index (κ2) is 2.78. The minimum Gasteiger partial charge on any atom is -0.300 e. The van der Waals surface area contributed by atoms with E-state index in [1.54, 1.807) is 0 Å². The van der Waals surface area contributed by atoms with Crippen molar-refractivity contribution >= 4 is 0 Å². The van der Waals surface area contributed by atoms with Crippen molar-refractivity contribution in [3.8, 4) is 0 Å². The van der Waals surface area contributed by atoms with Crippen molar-refractivity contribution in [1.82, 2.24) is 4.90 Å². The first-order chi connectivity index (χ1) is 5.25. The molecule has 0 bridgehead atoms. The van der Waals surface area contributed by atoms with Gasteiger partial charge in [0.15, 0.2) is 0 Å². The van der Waals surface area contributed by atoms with E-state index in [9.17, 15) is 0 Å². The first-order valence-corrected chi connectivity index (χ1v) is 4.99. The van der Waals surface area contributed by atoms with E-state index in [2.05, 4.69) is 18.7 Å². The molecule has 0 spiro atoms. The van der Waals surface area contributed by atoms with Crippen LogP contribution in [0.25, 0.3) is 0 Å². The van der Waals surface area contributed by atoms with Crippen LogP contribution in [0.2, 0.25) is 0 Å². The van der Waals surface area contributed by atoms with Crippen molar-refractivity contribution in [2.75, 3.05) is 13.1 Å². The molecule has 64 valence electrons. The molecule has 0 radical (unpaired) electrons. The molecule has 2 fully saturated rings. The normalized spacial score (nSPS) is 45.8. The summed E-state index contributed by atoms with van der Waals surface area (Å²) in [7, 11) is 0. The van der Waals surface area contributed by atoms with E-state index >= 15 is 0 Å². The largest absolute Gasteiger partial charge is 0.300 e. The lowest BCUT2D eigenvalue weighted by Gasteiger charge is -2.32. The van der Waals surface area contributed by atoms with Crippen LogP contribution in [-0.2, 0) is 0 Å². The molecule has 0 amide bonds. The predicted octanol–water partition coefficient (Wildman–Crippen LogP) is 2.13. The number of fused-ring (bicyclic) bond motifs is 1. The van der Waals surface area contributed by atoms with Crippen molar-refractivity contribution in [3.63, 3.8) is 0 Å². The van der Waals surface area contributed by atoms with Gasteiger partial charge in [0, 0.05) is 12.6 Å². The molecule has 2 heterocycles. The van der Waals surface area contributed by atoms with Gasteiger partial charge >= 0.3 is 0 Å². The average molecular weight is 153 g/mol. The van der Waals surface area contributed by atoms with Crippen LogP contribution >= 0.6 is 0 Å². The van der Waals surface area contributed by atoms with Crippen LogP contribution in [0.4, 0.5) is 0 Å². The minimum absolute atomic E-state index is 0.953. The monoisotopic (exact) mass is 153 g/mol. The van der Waals surface area contributed by atoms with E-state index < -0.39 is 0 Å². The van der Waals surface area contributed by atoms with Crippen molar-refractivity contribution in [2.45, 2.75) is 39.2 Å². The summed E-state index contributed by atoms with van der Waals surface area (Å²) < 4.78 is 0. The summed E-state index contributed by atoms with van der Waals surface area (Å²) in [4.78, 5) is 2.70. The Kier molecular flexibility index (Phi) is 1.92. The highest BCUT2D eigenvalue weighted by Crippen LogP contribution is 2.32. The molecule has 0 aromatic carbocycles. The number of hydrogen-bond donors (Lipinski definition) is 0. The highest BCUT2D eigenvalue weighted by Gasteiger charge is 2.33. The third-order valence-corrected chi connectivity index (χ3v) is 3.32. The highest BCUT2D eigenvalue weighted by atomic mass is 15.2. The summed E-state index contributed by atoms with van der Waals surface area (Å²) in [5.74, 6) is 1.95. The van der Waals surface area contributed by atoms with E-state index in [4.69, 9.17) is 0 Å². The van der Waals surface area contributed by atoms with Gasteiger partial charge in [-0.3, -0.25) is 0 Å². The number of hydrogen-bond acceptors (Lipinski definition) is 1. The molecule has 2 aliphatic heterocycles. The van der Waals surface area contributed by atoms with Gasteiger partial charge < -0.3 is 4.90 Å². The van der Waals surface area contributed by atoms with E-state index in [1.807, 2.05) is 0 Å². The van der Waals surface area contributed by atoms with Crippen molar-refractivity contribution in [1.29, 1.82) is 0 Å². The maximum Gasteiger partial charge on any atom is 0.0101 e. The summed E-state index contributed by atoms with van der Waals surface area (Å²) in [5.41, 5.74) is 0. The second-order valence-corrected chi connectivity index (χ2v) is 4.62. The van der Waals surface area contributed by atoms with Gasteiger partial charge in [0.25, 0.3) is 0 Å². The van der Waals surface area contributed by atoms with Crippen molar-refractivity contribution < 1.29 is 0 Å². The lowest BCUT2D eigenvalue weighted by atomic mass is 9.92. The van der Waals surface area contributed by atoms with Gasteiger partial charge in [0.2, 0.25) is 0 Å². The van der Waals surface area contributed by atoms with Gasteiger partial charge in [-0.1, -0.05) is 13.8 Å². The Labute approximate surface area is 69.8 Å². The number of piperidine rings is 1. The summed E-state index contributed by atoms with van der Waals surface area (Å²) in [6.07, 6.45) is 4.36. The lowest BCUT2D eigenvalue weighted by Crippen LogP contribution is -2.37. The molecule has 1 nitrogen and oxygen atoms in total. The topological polar surface area (TPSA) is 3.24 Å². The molecule has 0 aromatic heterocycles. The van der Waals surface area contributed by atoms with Gasteiger partial charge in [-0.05, 0) is 37.6 Å². The standard InChI is InChI=1S/C10H19N/c1-8-3-4-11-7-9(2)6-10(11)5-8/h8-10H,3-7H2,1-2H3/t8-,9-,10+/m1/s1. The van der Waals surface area contributed by atoms with Crippen LogP contribution in [0, 0.1) is 11.8 Å². The van der Waals surface area contributed by atoms with Crippen molar-refractivity contribution in [3.05, 3.63) is 0 Å². The molecule has 0 unspecified atom stereocenters. The van der Waals surface area contributed by atoms with Crippen LogP contribution in [0.3, 0.4) is 0 Å². The molecule has 2 saturated heterocycles. The Morgan fingerprint density at radius 1 is 1.09 bits per heavy atom. The van der Waals surface area contributed by atoms with Crippen molar-refractivity contribution in [2.24, 2.45) is 11.8 Å². The predicted molar refractivity (Wildman–Crippen MR) is 47.5 cm³/mol. The summed E-state index contributed by atoms with van der Waals surface area (Å²) >= 11 is 0. The van der Waals surface area contributed by atoms with Gasteiger partial charge in [0.05, 0.1) is 0 Å². The van der Waals surface area contributed by atoms with E-state index in [0.717, 1.165) is 17.9 Å². The smallest absolute Gasteiger partial charge is 0.0101 e. The zero-order chi connectivity index (χ0) is 7.84. The van der Waals surface area contributed by atoms with E-state index in [0.29, 0.717) is 0 Å². The molecule has 2 aliphatic rings. The SMILES string of the molecule is C[C@@H]1CCN2C[C@H](C)C[C@@H]2C1. The molecule has 3 atom stereocenters. The Bertz CT molecular complexity index is 144.